The summed E-state index contributed by atoms with van der Waals surface area (Å²) in [4.78, 5) is 15.2. The summed E-state index contributed by atoms with van der Waals surface area (Å²) in [5, 5.41) is 9.16. The molecule has 1 aromatic carbocycles. The zero-order valence-electron chi connectivity index (χ0n) is 9.77. The molecule has 1 N–H and O–H groups in total. The minimum atomic E-state index is -0.927. The molecule has 0 fully saturated rings. The van der Waals surface area contributed by atoms with Gasteiger partial charge < -0.3 is 5.11 Å². The third-order valence-electron chi connectivity index (χ3n) is 2.95. The maximum atomic E-state index is 11.2. The minimum absolute atomic E-state index is 0.286. The summed E-state index contributed by atoms with van der Waals surface area (Å²) in [6.07, 6.45) is 3.10. The Balaban J connectivity index is 2.69. The van der Waals surface area contributed by atoms with Crippen molar-refractivity contribution in [2.24, 2.45) is 0 Å². The molecule has 1 heterocycles. The van der Waals surface area contributed by atoms with Crippen LogP contribution < -0.4 is 0 Å². The van der Waals surface area contributed by atoms with E-state index in [1.54, 1.807) is 6.20 Å². The number of pyridine rings is 1. The number of hydrogen-bond acceptors (Lipinski definition) is 2. The fraction of sp³-hybridized carbons (Fsp3) is 0.143. The minimum Gasteiger partial charge on any atom is -0.478 e. The van der Waals surface area contributed by atoms with Gasteiger partial charge in [-0.2, -0.15) is 0 Å². The van der Waals surface area contributed by atoms with Gasteiger partial charge in [-0.1, -0.05) is 18.2 Å². The van der Waals surface area contributed by atoms with Crippen LogP contribution in [0.1, 0.15) is 21.5 Å². The SMILES string of the molecule is Cc1cccc(-c2cnccc2C(=O)O)c1C. The third-order valence-corrected chi connectivity index (χ3v) is 2.95. The van der Waals surface area contributed by atoms with Crippen LogP contribution in [0, 0.1) is 13.8 Å². The van der Waals surface area contributed by atoms with E-state index < -0.39 is 5.97 Å². The molecule has 0 saturated carbocycles. The van der Waals surface area contributed by atoms with Gasteiger partial charge in [-0.05, 0) is 36.6 Å². The Bertz CT molecular complexity index is 576. The summed E-state index contributed by atoms with van der Waals surface area (Å²) in [5.41, 5.74) is 4.11. The van der Waals surface area contributed by atoms with Gasteiger partial charge in [-0.15, -0.1) is 0 Å². The number of rotatable bonds is 2. The number of carboxylic acid groups (broad SMARTS) is 1. The fourth-order valence-electron chi connectivity index (χ4n) is 1.84. The molecule has 17 heavy (non-hydrogen) atoms. The molecule has 3 heteroatoms. The smallest absolute Gasteiger partial charge is 0.336 e. The van der Waals surface area contributed by atoms with E-state index in [9.17, 15) is 4.79 Å². The topological polar surface area (TPSA) is 50.2 Å². The second-order valence-corrected chi connectivity index (χ2v) is 3.97. The highest BCUT2D eigenvalue weighted by molar-refractivity contribution is 5.96. The highest BCUT2D eigenvalue weighted by atomic mass is 16.4. The Labute approximate surface area is 99.8 Å². The number of benzene rings is 1. The number of nitrogens with zero attached hydrogens (tertiary/aromatic N) is 1. The van der Waals surface area contributed by atoms with E-state index in [0.29, 0.717) is 5.56 Å². The van der Waals surface area contributed by atoms with Crippen LogP contribution in [0.5, 0.6) is 0 Å². The molecule has 2 aromatic rings. The Morgan fingerprint density at radius 1 is 1.18 bits per heavy atom. The van der Waals surface area contributed by atoms with Crippen LogP contribution in [0.4, 0.5) is 0 Å². The van der Waals surface area contributed by atoms with Crippen molar-refractivity contribution in [2.45, 2.75) is 13.8 Å². The lowest BCUT2D eigenvalue weighted by atomic mass is 9.95. The van der Waals surface area contributed by atoms with Crippen molar-refractivity contribution in [1.82, 2.24) is 4.98 Å². The molecule has 0 bridgehead atoms. The third kappa shape index (κ3) is 2.04. The van der Waals surface area contributed by atoms with Crippen LogP contribution in [0.15, 0.2) is 36.7 Å². The number of aromatic carboxylic acids is 1. The monoisotopic (exact) mass is 227 g/mol. The molecule has 0 unspecified atom stereocenters. The first-order valence-corrected chi connectivity index (χ1v) is 5.35. The molecule has 0 aliphatic heterocycles. The van der Waals surface area contributed by atoms with Crippen molar-refractivity contribution < 1.29 is 9.90 Å². The van der Waals surface area contributed by atoms with E-state index in [-0.39, 0.29) is 5.56 Å². The molecule has 3 nitrogen and oxygen atoms in total. The summed E-state index contributed by atoms with van der Waals surface area (Å²) in [7, 11) is 0. The van der Waals surface area contributed by atoms with Crippen molar-refractivity contribution in [3.63, 3.8) is 0 Å². The van der Waals surface area contributed by atoms with E-state index in [2.05, 4.69) is 4.98 Å². The molecule has 2 rings (SSSR count). The Morgan fingerprint density at radius 3 is 2.65 bits per heavy atom. The van der Waals surface area contributed by atoms with Crippen molar-refractivity contribution >= 4 is 5.97 Å². The van der Waals surface area contributed by atoms with E-state index in [0.717, 1.165) is 16.7 Å². The summed E-state index contributed by atoms with van der Waals surface area (Å²) in [6.45, 7) is 4.00. The van der Waals surface area contributed by atoms with Gasteiger partial charge in [0.25, 0.3) is 0 Å². The Hall–Kier alpha value is -2.16. The van der Waals surface area contributed by atoms with Crippen LogP contribution >= 0.6 is 0 Å². The molecule has 0 atom stereocenters. The number of carboxylic acids is 1. The molecule has 0 spiro atoms. The zero-order chi connectivity index (χ0) is 12.4. The van der Waals surface area contributed by atoms with Crippen molar-refractivity contribution in [3.05, 3.63) is 53.3 Å². The van der Waals surface area contributed by atoms with Crippen molar-refractivity contribution in [3.8, 4) is 11.1 Å². The van der Waals surface area contributed by atoms with Gasteiger partial charge in [0.1, 0.15) is 0 Å². The van der Waals surface area contributed by atoms with Crippen LogP contribution in [-0.4, -0.2) is 16.1 Å². The molecule has 0 aliphatic carbocycles. The average molecular weight is 227 g/mol. The number of hydrogen-bond donors (Lipinski definition) is 1. The normalized spacial score (nSPS) is 10.2. The molecule has 0 amide bonds. The highest BCUT2D eigenvalue weighted by Gasteiger charge is 2.13. The first kappa shape index (κ1) is 11.3. The van der Waals surface area contributed by atoms with Gasteiger partial charge in [-0.25, -0.2) is 4.79 Å². The maximum Gasteiger partial charge on any atom is 0.336 e. The molecule has 0 radical (unpaired) electrons. The van der Waals surface area contributed by atoms with Crippen LogP contribution in [-0.2, 0) is 0 Å². The number of carbonyl (C=O) groups is 1. The van der Waals surface area contributed by atoms with Gasteiger partial charge in [0.05, 0.1) is 5.56 Å². The molecule has 1 aromatic heterocycles. The van der Waals surface area contributed by atoms with E-state index >= 15 is 0 Å². The lowest BCUT2D eigenvalue weighted by molar-refractivity contribution is 0.0697. The van der Waals surface area contributed by atoms with E-state index in [1.165, 1.54) is 12.3 Å². The van der Waals surface area contributed by atoms with Crippen LogP contribution in [0.3, 0.4) is 0 Å². The van der Waals surface area contributed by atoms with Crippen LogP contribution in [0.2, 0.25) is 0 Å². The van der Waals surface area contributed by atoms with Gasteiger partial charge in [0.2, 0.25) is 0 Å². The Kier molecular flexibility index (Phi) is 2.91. The highest BCUT2D eigenvalue weighted by Crippen LogP contribution is 2.27. The predicted molar refractivity (Wildman–Crippen MR) is 66.1 cm³/mol. The first-order valence-electron chi connectivity index (χ1n) is 5.35. The maximum absolute atomic E-state index is 11.2. The van der Waals surface area contributed by atoms with Crippen LogP contribution in [0.25, 0.3) is 11.1 Å². The van der Waals surface area contributed by atoms with Gasteiger partial charge >= 0.3 is 5.97 Å². The zero-order valence-corrected chi connectivity index (χ0v) is 9.77. The molecular weight excluding hydrogens is 214 g/mol. The molecule has 0 aliphatic rings. The van der Waals surface area contributed by atoms with Crippen molar-refractivity contribution in [2.75, 3.05) is 0 Å². The van der Waals surface area contributed by atoms with Gasteiger partial charge in [-0.3, -0.25) is 4.98 Å². The standard InChI is InChI=1S/C14H13NO2/c1-9-4-3-5-11(10(9)2)13-8-15-7-6-12(13)14(16)17/h3-8H,1-2H3,(H,16,17). The molecular formula is C14H13NO2. The fourth-order valence-corrected chi connectivity index (χ4v) is 1.84. The largest absolute Gasteiger partial charge is 0.478 e. The molecule has 0 saturated heterocycles. The second kappa shape index (κ2) is 4.37. The van der Waals surface area contributed by atoms with E-state index in [4.69, 9.17) is 5.11 Å². The average Bonchev–Trinajstić information content (AvgIpc) is 2.33. The van der Waals surface area contributed by atoms with E-state index in [1.807, 2.05) is 32.0 Å². The molecule has 86 valence electrons. The predicted octanol–water partition coefficient (Wildman–Crippen LogP) is 3.06. The second-order valence-electron chi connectivity index (χ2n) is 3.97. The van der Waals surface area contributed by atoms with Gasteiger partial charge in [0, 0.05) is 18.0 Å². The lowest BCUT2D eigenvalue weighted by Crippen LogP contribution is -2.01. The summed E-state index contributed by atoms with van der Waals surface area (Å²) in [5.74, 6) is -0.927. The number of aryl methyl sites for hydroxylation is 1. The quantitative estimate of drug-likeness (QED) is 0.857. The lowest BCUT2D eigenvalue weighted by Gasteiger charge is -2.10. The van der Waals surface area contributed by atoms with Gasteiger partial charge in [0.15, 0.2) is 0 Å². The van der Waals surface area contributed by atoms with Crippen molar-refractivity contribution in [1.29, 1.82) is 0 Å². The summed E-state index contributed by atoms with van der Waals surface area (Å²) in [6, 6.07) is 7.39. The summed E-state index contributed by atoms with van der Waals surface area (Å²) >= 11 is 0. The summed E-state index contributed by atoms with van der Waals surface area (Å²) < 4.78 is 0. The first-order chi connectivity index (χ1) is 8.11. The Morgan fingerprint density at radius 2 is 1.94 bits per heavy atom. The number of aromatic nitrogens is 1.